The number of carbonyl (C=O) groups excluding carboxylic acids is 14. The summed E-state index contributed by atoms with van der Waals surface area (Å²) in [7, 11) is 0. The molecule has 2 saturated heterocycles. The molecule has 4 rings (SSSR count). The number of nitrogens with two attached hydrogens (primary N) is 2. The number of carboxylic acids is 2. The predicted molar refractivity (Wildman–Crippen MR) is 346 cm³/mol. The van der Waals surface area contributed by atoms with Gasteiger partial charge in [0.15, 0.2) is 5.96 Å². The summed E-state index contributed by atoms with van der Waals surface area (Å²) in [5.74, 6) is -18.6. The van der Waals surface area contributed by atoms with Gasteiger partial charge in [-0.3, -0.25) is 77.3 Å². The Hall–Kier alpha value is -10.7. The van der Waals surface area contributed by atoms with E-state index in [2.05, 4.69) is 74.1 Å². The van der Waals surface area contributed by atoms with E-state index < -0.39 is 238 Å². The number of para-hydroxylation sites is 1. The highest BCUT2D eigenvalue weighted by Crippen LogP contribution is 2.22. The van der Waals surface area contributed by atoms with Crippen LogP contribution in [0.1, 0.15) is 77.2 Å². The summed E-state index contributed by atoms with van der Waals surface area (Å²) in [5, 5.41) is 110. The average Bonchev–Trinajstić information content (AvgIpc) is 1.73. The predicted octanol–water partition coefficient (Wildman–Crippen LogP) is -12.0. The van der Waals surface area contributed by atoms with Crippen molar-refractivity contribution in [3.05, 3.63) is 36.0 Å². The van der Waals surface area contributed by atoms with Gasteiger partial charge in [-0.25, -0.2) is 4.79 Å². The molecule has 2 fully saturated rings. The zero-order chi connectivity index (χ0) is 75.2. The summed E-state index contributed by atoms with van der Waals surface area (Å²) in [5.41, 5.74) is 11.8. The molecule has 27 N–H and O–H groups in total. The number of hydrogen-bond acceptors (Lipinski definition) is 23. The van der Waals surface area contributed by atoms with E-state index in [9.17, 15) is 112 Å². The fraction of sp³-hybridized carbons (Fsp3) is 0.576. The number of aromatic amines is 1. The highest BCUT2D eigenvalue weighted by molar-refractivity contribution is 6.01. The average molecular weight is 1430 g/mol. The van der Waals surface area contributed by atoms with Crippen LogP contribution >= 0.6 is 0 Å². The SMILES string of the molecule is C[C@@H](O)[C@H](NC(=O)CNC(=O)[C@@H](NC(=O)[C@H](CO)NC(=O)CNC(=O)[C@@H]1CCCN1)[C@@H](C)O)C(=O)N[C@@H](Cc1c[nH]c2ccccc12)C(=O)N[C@@H](CC(N)=O)C(=O)N1CCC[C@H]1C(=O)NCC(=O)N[C@@H](CO)C(=O)N[C@@H](CO)C(=O)N[C@@H](CCC(=O)O)C(=O)N[C@@H](CCCNC(=N)N)C(=O)O. The van der Waals surface area contributed by atoms with Gasteiger partial charge in [-0.15, -0.1) is 0 Å². The van der Waals surface area contributed by atoms with E-state index in [4.69, 9.17) is 16.9 Å². The van der Waals surface area contributed by atoms with E-state index in [-0.39, 0.29) is 45.2 Å². The van der Waals surface area contributed by atoms with Crippen molar-refractivity contribution in [1.29, 1.82) is 5.41 Å². The van der Waals surface area contributed by atoms with Gasteiger partial charge in [0.1, 0.15) is 60.4 Å². The van der Waals surface area contributed by atoms with E-state index in [1.165, 1.54) is 6.20 Å². The minimum atomic E-state index is -1.94. The first kappa shape index (κ1) is 82.7. The number of nitrogens with zero attached hydrogens (tertiary/aromatic N) is 1. The number of nitrogens with one attached hydrogen (secondary N) is 16. The second-order valence-corrected chi connectivity index (χ2v) is 23.6. The highest BCUT2D eigenvalue weighted by atomic mass is 16.4. The van der Waals surface area contributed by atoms with Crippen molar-refractivity contribution in [2.75, 3.05) is 59.1 Å². The molecular weight excluding hydrogens is 1340 g/mol. The lowest BCUT2D eigenvalue weighted by atomic mass is 10.0. The maximum Gasteiger partial charge on any atom is 0.326 e. The van der Waals surface area contributed by atoms with Crippen molar-refractivity contribution in [3.8, 4) is 0 Å². The Balaban J connectivity index is 1.41. The fourth-order valence-corrected chi connectivity index (χ4v) is 10.4. The maximum absolute atomic E-state index is 14.5. The van der Waals surface area contributed by atoms with Gasteiger partial charge >= 0.3 is 11.9 Å². The molecule has 0 radical (unpaired) electrons. The molecule has 101 heavy (non-hydrogen) atoms. The number of aliphatic carboxylic acids is 2. The third-order valence-corrected chi connectivity index (χ3v) is 15.7. The molecule has 3 heterocycles. The number of carbonyl (C=O) groups is 16. The minimum absolute atomic E-state index is 0.0476. The number of amides is 14. The first-order chi connectivity index (χ1) is 47.8. The molecule has 2 aromatic rings. The van der Waals surface area contributed by atoms with E-state index >= 15 is 0 Å². The number of hydrogen-bond donors (Lipinski definition) is 25. The number of fused-ring (bicyclic) bond motifs is 1. The third-order valence-electron chi connectivity index (χ3n) is 15.7. The van der Waals surface area contributed by atoms with Gasteiger partial charge in [0, 0.05) is 43.0 Å². The van der Waals surface area contributed by atoms with Crippen molar-refractivity contribution < 1.29 is 112 Å². The van der Waals surface area contributed by atoms with Crippen LogP contribution in [-0.2, 0) is 83.1 Å². The normalized spacial score (nSPS) is 17.3. The summed E-state index contributed by atoms with van der Waals surface area (Å²) in [6, 6.07) is -11.3. The minimum Gasteiger partial charge on any atom is -0.481 e. The van der Waals surface area contributed by atoms with E-state index in [1.54, 1.807) is 24.3 Å². The van der Waals surface area contributed by atoms with Crippen molar-refractivity contribution in [2.24, 2.45) is 11.5 Å². The Labute approximate surface area is 575 Å². The van der Waals surface area contributed by atoms with Crippen LogP contribution < -0.4 is 85.9 Å². The molecule has 0 aliphatic carbocycles. The Morgan fingerprint density at radius 1 is 0.574 bits per heavy atom. The topological polar surface area (TPSA) is 678 Å². The number of primary amides is 1. The van der Waals surface area contributed by atoms with Crippen LogP contribution in [0.4, 0.5) is 0 Å². The van der Waals surface area contributed by atoms with E-state index in [0.717, 1.165) is 25.2 Å². The number of rotatable bonds is 42. The van der Waals surface area contributed by atoms with E-state index in [1.807, 2.05) is 5.32 Å². The molecule has 0 saturated carbocycles. The van der Waals surface area contributed by atoms with Crippen LogP contribution in [0.25, 0.3) is 10.9 Å². The number of carboxylic acid groups (broad SMARTS) is 2. The molecule has 2 aliphatic heterocycles. The lowest BCUT2D eigenvalue weighted by molar-refractivity contribution is -0.143. The van der Waals surface area contributed by atoms with Crippen LogP contribution in [-0.4, -0.2) is 284 Å². The summed E-state index contributed by atoms with van der Waals surface area (Å²) in [6.45, 7) is -3.13. The Morgan fingerprint density at radius 2 is 1.09 bits per heavy atom. The zero-order valence-electron chi connectivity index (χ0n) is 55.1. The molecule has 0 bridgehead atoms. The molecule has 1 aromatic carbocycles. The second-order valence-electron chi connectivity index (χ2n) is 23.6. The summed E-state index contributed by atoms with van der Waals surface area (Å²) in [4.78, 5) is 214. The Bertz CT molecular complexity index is 3330. The largest absolute Gasteiger partial charge is 0.481 e. The Kier molecular flexibility index (Phi) is 33.6. The molecule has 42 nitrogen and oxygen atoms in total. The zero-order valence-corrected chi connectivity index (χ0v) is 55.1. The quantitative estimate of drug-likeness (QED) is 0.0167. The molecule has 13 atom stereocenters. The standard InChI is InChI=1S/C59H89N19O23/c1-27(82)46(77-53(95)38(25-80)70-42(85)21-66-48(90)32-10-5-15-63-32)55(97)68-23-44(87)76-47(28(2)83)56(98)73-35(18-29-20-65-31-9-4-3-8-30(29)31)50(92)74-36(19-41(60)84)57(99)78-17-7-12-40(78)54(96)67-22-43(86)69-37(24-79)51(93)75-39(26-81)52(94)71-33(13-14-45(88)89)49(91)72-34(58(100)101)11-6-16-64-59(61)62/h3-4,8-9,20,27-28,32-40,46-47,63,65,79-83H,5-7,10-19,21-26H2,1-2H3,(H2,60,84)(H,66,90)(H,67,96)(H,68,97)(H,69,86)(H,70,85)(H,71,94)(H,72,91)(H,73,98)(H,74,92)(H,75,93)(H,76,87)(H,77,95)(H,88,89)(H,100,101)(H4,61,62,64)/t27-,28-,32+,33+,34+,35+,36+,37+,38+,39+,40+,46+,47+/m1/s1. The lowest BCUT2D eigenvalue weighted by Gasteiger charge is -2.30. The first-order valence-electron chi connectivity index (χ1n) is 31.9. The molecule has 558 valence electrons. The van der Waals surface area contributed by atoms with Crippen molar-refractivity contribution in [1.82, 2.24) is 84.3 Å². The Morgan fingerprint density at radius 3 is 1.65 bits per heavy atom. The second kappa shape index (κ2) is 41.0. The number of aliphatic hydroxyl groups excluding tert-OH is 5. The van der Waals surface area contributed by atoms with Gasteiger partial charge in [0.2, 0.25) is 82.7 Å². The molecular formula is C59H89N19O23. The molecule has 1 aromatic heterocycles. The number of benzene rings is 1. The number of aliphatic hydroxyl groups is 5. The van der Waals surface area contributed by atoms with Crippen LogP contribution in [0.15, 0.2) is 30.5 Å². The van der Waals surface area contributed by atoms with Gasteiger partial charge < -0.3 is 132 Å². The summed E-state index contributed by atoms with van der Waals surface area (Å²) < 4.78 is 0. The number of guanidine groups is 1. The molecule has 0 unspecified atom stereocenters. The van der Waals surface area contributed by atoms with Crippen molar-refractivity contribution in [2.45, 2.75) is 157 Å². The summed E-state index contributed by atoms with van der Waals surface area (Å²) >= 11 is 0. The van der Waals surface area contributed by atoms with Crippen LogP contribution in [0, 0.1) is 5.41 Å². The van der Waals surface area contributed by atoms with Crippen molar-refractivity contribution >= 4 is 112 Å². The lowest BCUT2D eigenvalue weighted by Crippen LogP contribution is -2.61. The number of H-pyrrole nitrogens is 1. The fourth-order valence-electron chi connectivity index (χ4n) is 10.4. The molecule has 42 heteroatoms. The van der Waals surface area contributed by atoms with Crippen LogP contribution in [0.5, 0.6) is 0 Å². The van der Waals surface area contributed by atoms with Gasteiger partial charge in [0.05, 0.1) is 64.1 Å². The molecule has 2 aliphatic rings. The first-order valence-corrected chi connectivity index (χ1v) is 31.9. The monoisotopic (exact) mass is 1430 g/mol. The smallest absolute Gasteiger partial charge is 0.326 e. The highest BCUT2D eigenvalue weighted by Gasteiger charge is 2.41. The number of likely N-dealkylation sites (tertiary alicyclic amines) is 1. The van der Waals surface area contributed by atoms with Crippen LogP contribution in [0.2, 0.25) is 0 Å². The van der Waals surface area contributed by atoms with Gasteiger partial charge in [-0.1, -0.05) is 18.2 Å². The maximum atomic E-state index is 14.5. The molecule has 0 spiro atoms. The van der Waals surface area contributed by atoms with Crippen molar-refractivity contribution in [3.63, 3.8) is 0 Å². The van der Waals surface area contributed by atoms with Crippen LogP contribution in [0.3, 0.4) is 0 Å². The van der Waals surface area contributed by atoms with Gasteiger partial charge in [-0.2, -0.15) is 0 Å². The molecule has 14 amide bonds. The van der Waals surface area contributed by atoms with E-state index in [0.29, 0.717) is 29.4 Å². The van der Waals surface area contributed by atoms with Gasteiger partial charge in [-0.05, 0) is 77.0 Å². The van der Waals surface area contributed by atoms with Gasteiger partial charge in [0.25, 0.3) is 0 Å². The summed E-state index contributed by atoms with van der Waals surface area (Å²) in [6.07, 6.45) is -3.22. The third kappa shape index (κ3) is 26.8. The number of aromatic nitrogens is 1.